The van der Waals surface area contributed by atoms with Gasteiger partial charge in [0.05, 0.1) is 11.6 Å². The smallest absolute Gasteiger partial charge is 0.297 e. The van der Waals surface area contributed by atoms with Crippen molar-refractivity contribution in [3.05, 3.63) is 59.7 Å². The lowest BCUT2D eigenvalue weighted by Gasteiger charge is -2.37. The summed E-state index contributed by atoms with van der Waals surface area (Å²) in [5.74, 6) is -2.94. The van der Waals surface area contributed by atoms with Crippen LogP contribution in [0.5, 0.6) is 0 Å². The second kappa shape index (κ2) is 9.96. The van der Waals surface area contributed by atoms with Crippen molar-refractivity contribution in [2.75, 3.05) is 25.0 Å². The molecule has 0 radical (unpaired) electrons. The topological polar surface area (TPSA) is 83.0 Å². The summed E-state index contributed by atoms with van der Waals surface area (Å²) in [6, 6.07) is 8.89. The van der Waals surface area contributed by atoms with E-state index in [2.05, 4.69) is 25.6 Å². The summed E-state index contributed by atoms with van der Waals surface area (Å²) < 4.78 is 53.3. The van der Waals surface area contributed by atoms with Crippen molar-refractivity contribution in [3.8, 4) is 0 Å². The molecule has 1 saturated carbocycles. The molecular weight excluding hydrogens is 476 g/mol. The minimum absolute atomic E-state index is 0.0763. The van der Waals surface area contributed by atoms with Gasteiger partial charge in [0.1, 0.15) is 5.82 Å². The van der Waals surface area contributed by atoms with Crippen molar-refractivity contribution < 1.29 is 22.4 Å². The number of aromatic nitrogens is 3. The van der Waals surface area contributed by atoms with Gasteiger partial charge in [-0.25, -0.2) is 32.5 Å². The first-order chi connectivity index (χ1) is 17.3. The number of hydrogen-bond donors (Lipinski definition) is 2. The summed E-state index contributed by atoms with van der Waals surface area (Å²) >= 11 is 0. The third kappa shape index (κ3) is 5.56. The molecule has 1 unspecified atom stereocenters. The molecule has 1 atom stereocenters. The zero-order valence-corrected chi connectivity index (χ0v) is 19.4. The fourth-order valence-corrected chi connectivity index (χ4v) is 4.41. The largest absolute Gasteiger partial charge is 0.367 e. The highest BCUT2D eigenvalue weighted by atomic mass is 19.3. The normalized spacial score (nSPS) is 18.8. The van der Waals surface area contributed by atoms with Crippen molar-refractivity contribution in [2.45, 2.75) is 50.1 Å². The van der Waals surface area contributed by atoms with Crippen LogP contribution in [0.25, 0.3) is 10.9 Å². The highest BCUT2D eigenvalue weighted by Gasteiger charge is 2.37. The number of piperidine rings is 1. The highest BCUT2D eigenvalue weighted by Crippen LogP contribution is 2.32. The molecule has 2 aliphatic rings. The van der Waals surface area contributed by atoms with Gasteiger partial charge >= 0.3 is 0 Å². The van der Waals surface area contributed by atoms with Crippen LogP contribution in [0.4, 0.5) is 23.4 Å². The van der Waals surface area contributed by atoms with Crippen LogP contribution in [-0.4, -0.2) is 57.4 Å². The summed E-state index contributed by atoms with van der Waals surface area (Å²) in [4.78, 5) is 27.0. The number of likely N-dealkylation sites (tertiary alicyclic amines) is 1. The van der Waals surface area contributed by atoms with Crippen LogP contribution in [0.2, 0.25) is 0 Å². The first kappa shape index (κ1) is 24.4. The summed E-state index contributed by atoms with van der Waals surface area (Å²) in [5, 5.41) is 6.92. The monoisotopic (exact) mass is 502 g/mol. The molecule has 1 amide bonds. The number of anilines is 1. The Morgan fingerprint density at radius 1 is 1.08 bits per heavy atom. The first-order valence-corrected chi connectivity index (χ1v) is 12.0. The molecule has 190 valence electrons. The fraction of sp³-hybridized carbons (Fsp3) is 0.440. The number of hydrogen-bond acceptors (Lipinski definition) is 6. The standard InChI is InChI=1S/C25H26F4N6O/c26-22(27)23-30-12-15(13-31-23)20(35-10-8-25(28,29)9-11-35)14-32-24(36)18-2-1-3-19-17(18)6-7-21(34-19)33-16-4-5-16/h1-3,6-7,12-13,16,20,22H,4-5,8-11,14H2,(H,32,36)(H,33,34). The van der Waals surface area contributed by atoms with Crippen molar-refractivity contribution >= 4 is 22.6 Å². The van der Waals surface area contributed by atoms with Crippen LogP contribution in [0, 0.1) is 0 Å². The predicted molar refractivity (Wildman–Crippen MR) is 126 cm³/mol. The third-order valence-corrected chi connectivity index (χ3v) is 6.60. The Labute approximate surface area is 205 Å². The zero-order valence-electron chi connectivity index (χ0n) is 19.4. The van der Waals surface area contributed by atoms with E-state index < -0.39 is 24.2 Å². The fourth-order valence-electron chi connectivity index (χ4n) is 4.41. The van der Waals surface area contributed by atoms with Crippen LogP contribution in [-0.2, 0) is 0 Å². The predicted octanol–water partition coefficient (Wildman–Crippen LogP) is 4.74. The molecule has 2 N–H and O–H groups in total. The summed E-state index contributed by atoms with van der Waals surface area (Å²) in [7, 11) is 0. The number of halogens is 4. The van der Waals surface area contributed by atoms with E-state index in [-0.39, 0.29) is 38.4 Å². The number of fused-ring (bicyclic) bond motifs is 1. The Morgan fingerprint density at radius 3 is 2.47 bits per heavy atom. The van der Waals surface area contributed by atoms with Crippen molar-refractivity contribution in [1.82, 2.24) is 25.2 Å². The molecule has 1 aromatic carbocycles. The van der Waals surface area contributed by atoms with Gasteiger partial charge in [-0.2, -0.15) is 0 Å². The minimum Gasteiger partial charge on any atom is -0.367 e. The summed E-state index contributed by atoms with van der Waals surface area (Å²) in [6.07, 6.45) is 1.33. The van der Waals surface area contributed by atoms with Gasteiger partial charge in [0.15, 0.2) is 5.82 Å². The quantitative estimate of drug-likeness (QED) is 0.433. The molecule has 0 bridgehead atoms. The Kier molecular flexibility index (Phi) is 6.74. The third-order valence-electron chi connectivity index (χ3n) is 6.60. The maximum Gasteiger partial charge on any atom is 0.297 e. The first-order valence-electron chi connectivity index (χ1n) is 12.0. The minimum atomic E-state index is -2.81. The van der Waals surface area contributed by atoms with Gasteiger partial charge in [-0.1, -0.05) is 6.07 Å². The van der Waals surface area contributed by atoms with Crippen LogP contribution >= 0.6 is 0 Å². The van der Waals surface area contributed by atoms with Crippen LogP contribution in [0.15, 0.2) is 42.7 Å². The average Bonchev–Trinajstić information content (AvgIpc) is 3.68. The van der Waals surface area contributed by atoms with Crippen LogP contribution in [0.3, 0.4) is 0 Å². The van der Waals surface area contributed by atoms with E-state index in [9.17, 15) is 22.4 Å². The van der Waals surface area contributed by atoms with Gasteiger partial charge in [0.25, 0.3) is 18.3 Å². The number of carbonyl (C=O) groups excluding carboxylic acids is 1. The number of benzene rings is 1. The van der Waals surface area contributed by atoms with E-state index in [0.29, 0.717) is 28.1 Å². The van der Waals surface area contributed by atoms with E-state index in [4.69, 9.17) is 0 Å². The number of amides is 1. The number of pyridine rings is 1. The molecule has 1 aliphatic carbocycles. The van der Waals surface area contributed by atoms with E-state index in [0.717, 1.165) is 18.7 Å². The lowest BCUT2D eigenvalue weighted by Crippen LogP contribution is -2.45. The molecule has 2 fully saturated rings. The number of nitrogens with zero attached hydrogens (tertiary/aromatic N) is 4. The molecule has 1 saturated heterocycles. The zero-order chi connectivity index (χ0) is 25.3. The Balaban J connectivity index is 1.34. The second-order valence-corrected chi connectivity index (χ2v) is 9.28. The van der Waals surface area contributed by atoms with Crippen LogP contribution < -0.4 is 10.6 Å². The number of alkyl halides is 4. The Morgan fingerprint density at radius 2 is 1.81 bits per heavy atom. The van der Waals surface area contributed by atoms with Gasteiger partial charge in [-0.05, 0) is 37.1 Å². The Bertz CT molecular complexity index is 1220. The number of carbonyl (C=O) groups is 1. The van der Waals surface area contributed by atoms with Crippen molar-refractivity contribution in [2.24, 2.45) is 0 Å². The van der Waals surface area contributed by atoms with E-state index in [1.807, 2.05) is 18.2 Å². The lowest BCUT2D eigenvalue weighted by molar-refractivity contribution is -0.0632. The highest BCUT2D eigenvalue weighted by molar-refractivity contribution is 6.06. The van der Waals surface area contributed by atoms with Gasteiger partial charge in [-0.15, -0.1) is 0 Å². The van der Waals surface area contributed by atoms with Gasteiger partial charge in [-0.3, -0.25) is 9.69 Å². The molecule has 7 nitrogen and oxygen atoms in total. The summed E-state index contributed by atoms with van der Waals surface area (Å²) in [6.45, 7) is 0.269. The maximum absolute atomic E-state index is 13.8. The molecule has 36 heavy (non-hydrogen) atoms. The molecule has 5 rings (SSSR count). The lowest BCUT2D eigenvalue weighted by atomic mass is 10.0. The molecule has 1 aliphatic heterocycles. The van der Waals surface area contributed by atoms with E-state index in [1.54, 1.807) is 17.0 Å². The van der Waals surface area contributed by atoms with Crippen molar-refractivity contribution in [3.63, 3.8) is 0 Å². The molecule has 11 heteroatoms. The van der Waals surface area contributed by atoms with Crippen molar-refractivity contribution in [1.29, 1.82) is 0 Å². The average molecular weight is 503 g/mol. The van der Waals surface area contributed by atoms with Gasteiger partial charge in [0.2, 0.25) is 0 Å². The van der Waals surface area contributed by atoms with Crippen LogP contribution in [0.1, 0.15) is 59.9 Å². The maximum atomic E-state index is 13.8. The number of rotatable bonds is 8. The van der Waals surface area contributed by atoms with Gasteiger partial charge in [0, 0.05) is 67.4 Å². The molecular formula is C25H26F4N6O. The summed E-state index contributed by atoms with van der Waals surface area (Å²) in [5.41, 5.74) is 1.59. The molecule has 3 heterocycles. The Hall–Kier alpha value is -3.34. The van der Waals surface area contributed by atoms with Gasteiger partial charge < -0.3 is 10.6 Å². The SMILES string of the molecule is O=C(NCC(c1cnc(C(F)F)nc1)N1CCC(F)(F)CC1)c1cccc2nc(NC3CC3)ccc12. The molecule has 2 aromatic heterocycles. The molecule has 3 aromatic rings. The van der Waals surface area contributed by atoms with E-state index >= 15 is 0 Å². The van der Waals surface area contributed by atoms with E-state index in [1.165, 1.54) is 12.4 Å². The molecule has 0 spiro atoms. The number of nitrogens with one attached hydrogen (secondary N) is 2. The second-order valence-electron chi connectivity index (χ2n) is 9.28.